The van der Waals surface area contributed by atoms with Gasteiger partial charge in [0.05, 0.1) is 14.2 Å². The number of urea groups is 1. The first-order chi connectivity index (χ1) is 13.7. The molecule has 2 amide bonds. The van der Waals surface area contributed by atoms with Gasteiger partial charge < -0.3 is 19.7 Å². The van der Waals surface area contributed by atoms with Crippen LogP contribution < -0.4 is 14.8 Å². The second kappa shape index (κ2) is 10.6. The number of hydrogen-bond acceptors (Lipinski definition) is 4. The van der Waals surface area contributed by atoms with E-state index < -0.39 is 0 Å². The van der Waals surface area contributed by atoms with Gasteiger partial charge in [-0.05, 0) is 37.0 Å². The first kappa shape index (κ1) is 20.8. The number of ether oxygens (including phenoxy) is 2. The third-order valence-corrected chi connectivity index (χ3v) is 6.01. The van der Waals surface area contributed by atoms with Crippen LogP contribution in [0.4, 0.5) is 4.79 Å². The molecule has 1 saturated carbocycles. The fourth-order valence-electron chi connectivity index (χ4n) is 4.19. The largest absolute Gasteiger partial charge is 0.493 e. The van der Waals surface area contributed by atoms with Crippen LogP contribution in [0.15, 0.2) is 18.2 Å². The second-order valence-corrected chi connectivity index (χ2v) is 7.91. The van der Waals surface area contributed by atoms with E-state index in [1.165, 1.54) is 31.2 Å². The van der Waals surface area contributed by atoms with Crippen molar-refractivity contribution in [3.05, 3.63) is 23.8 Å². The van der Waals surface area contributed by atoms with E-state index in [1.807, 2.05) is 11.0 Å². The molecule has 3 rings (SSSR count). The number of nitrogens with one attached hydrogen (secondary N) is 1. The Balaban J connectivity index is 1.41. The van der Waals surface area contributed by atoms with Gasteiger partial charge in [-0.15, -0.1) is 0 Å². The van der Waals surface area contributed by atoms with Crippen molar-refractivity contribution in [2.45, 2.75) is 51.0 Å². The van der Waals surface area contributed by atoms with Gasteiger partial charge in [0.2, 0.25) is 0 Å². The number of rotatable bonds is 6. The van der Waals surface area contributed by atoms with Crippen LogP contribution >= 0.6 is 0 Å². The lowest BCUT2D eigenvalue weighted by molar-refractivity contribution is 0.137. The number of piperazine rings is 1. The molecule has 156 valence electrons. The van der Waals surface area contributed by atoms with E-state index in [9.17, 15) is 4.79 Å². The molecule has 28 heavy (non-hydrogen) atoms. The summed E-state index contributed by atoms with van der Waals surface area (Å²) in [6.07, 6.45) is 8.35. The predicted molar refractivity (Wildman–Crippen MR) is 111 cm³/mol. The van der Waals surface area contributed by atoms with E-state index in [0.29, 0.717) is 6.04 Å². The van der Waals surface area contributed by atoms with Crippen molar-refractivity contribution in [1.82, 2.24) is 15.1 Å². The van der Waals surface area contributed by atoms with Crippen LogP contribution in [0.1, 0.15) is 44.1 Å². The number of nitrogens with zero attached hydrogens (tertiary/aromatic N) is 2. The molecule has 0 atom stereocenters. The first-order valence-electron chi connectivity index (χ1n) is 10.7. The number of methoxy groups -OCH3 is 2. The highest BCUT2D eigenvalue weighted by molar-refractivity contribution is 5.74. The summed E-state index contributed by atoms with van der Waals surface area (Å²) < 4.78 is 10.7. The van der Waals surface area contributed by atoms with Gasteiger partial charge in [0.25, 0.3) is 0 Å². The summed E-state index contributed by atoms with van der Waals surface area (Å²) in [4.78, 5) is 17.0. The molecule has 0 radical (unpaired) electrons. The Bertz CT molecular complexity index is 621. The average Bonchev–Trinajstić information content (AvgIpc) is 3.01. The van der Waals surface area contributed by atoms with E-state index in [-0.39, 0.29) is 6.03 Å². The topological polar surface area (TPSA) is 54.0 Å². The lowest BCUT2D eigenvalue weighted by atomic mass is 10.1. The third kappa shape index (κ3) is 5.77. The minimum atomic E-state index is 0.131. The molecule has 0 aromatic heterocycles. The number of amides is 2. The Kier molecular flexibility index (Phi) is 7.83. The molecule has 2 fully saturated rings. The quantitative estimate of drug-likeness (QED) is 0.759. The Morgan fingerprint density at radius 1 is 1.00 bits per heavy atom. The van der Waals surface area contributed by atoms with Gasteiger partial charge in [-0.25, -0.2) is 4.79 Å². The fourth-order valence-corrected chi connectivity index (χ4v) is 4.19. The lowest BCUT2D eigenvalue weighted by Crippen LogP contribution is -2.53. The first-order valence-corrected chi connectivity index (χ1v) is 10.7. The molecule has 6 nitrogen and oxygen atoms in total. The molecule has 1 aliphatic carbocycles. The van der Waals surface area contributed by atoms with Gasteiger partial charge in [0.15, 0.2) is 11.5 Å². The smallest absolute Gasteiger partial charge is 0.317 e. The van der Waals surface area contributed by atoms with Crippen molar-refractivity contribution < 1.29 is 14.3 Å². The van der Waals surface area contributed by atoms with E-state index in [1.54, 1.807) is 14.2 Å². The molecule has 0 spiro atoms. The van der Waals surface area contributed by atoms with Crippen LogP contribution in [-0.2, 0) is 6.42 Å². The Morgan fingerprint density at radius 2 is 1.68 bits per heavy atom. The minimum absolute atomic E-state index is 0.131. The highest BCUT2D eigenvalue weighted by Crippen LogP contribution is 2.27. The summed E-state index contributed by atoms with van der Waals surface area (Å²) in [6.45, 7) is 4.49. The maximum atomic E-state index is 12.6. The highest BCUT2D eigenvalue weighted by atomic mass is 16.5. The number of hydrogen-bond donors (Lipinski definition) is 1. The molecule has 2 aliphatic rings. The van der Waals surface area contributed by atoms with Crippen molar-refractivity contribution in [2.75, 3.05) is 46.9 Å². The fraction of sp³-hybridized carbons (Fsp3) is 0.682. The molecular weight excluding hydrogens is 354 g/mol. The Hall–Kier alpha value is -1.95. The zero-order valence-electron chi connectivity index (χ0n) is 17.4. The van der Waals surface area contributed by atoms with Crippen molar-refractivity contribution in [3.63, 3.8) is 0 Å². The molecule has 1 N–H and O–H groups in total. The van der Waals surface area contributed by atoms with Gasteiger partial charge in [-0.2, -0.15) is 0 Å². The molecule has 0 bridgehead atoms. The van der Waals surface area contributed by atoms with Gasteiger partial charge >= 0.3 is 6.03 Å². The number of carbonyl (C=O) groups excluding carboxylic acids is 1. The second-order valence-electron chi connectivity index (χ2n) is 7.91. The van der Waals surface area contributed by atoms with Crippen LogP contribution in [-0.4, -0.2) is 68.8 Å². The molecule has 1 heterocycles. The van der Waals surface area contributed by atoms with E-state index >= 15 is 0 Å². The Morgan fingerprint density at radius 3 is 2.32 bits per heavy atom. The van der Waals surface area contributed by atoms with Gasteiger partial charge in [-0.3, -0.25) is 4.90 Å². The molecule has 1 aromatic carbocycles. The van der Waals surface area contributed by atoms with Crippen molar-refractivity contribution in [2.24, 2.45) is 0 Å². The normalized spacial score (nSPS) is 19.1. The SMILES string of the molecule is COc1ccc(CCN2CCN(C(=O)NC3CCCCCC3)CC2)cc1OC. The minimum Gasteiger partial charge on any atom is -0.493 e. The third-order valence-electron chi connectivity index (χ3n) is 6.01. The zero-order chi connectivity index (χ0) is 19.8. The molecule has 6 heteroatoms. The summed E-state index contributed by atoms with van der Waals surface area (Å²) in [5, 5.41) is 3.27. The van der Waals surface area contributed by atoms with Crippen LogP contribution in [0.2, 0.25) is 0 Å². The van der Waals surface area contributed by atoms with Crippen LogP contribution in [0.5, 0.6) is 11.5 Å². The maximum Gasteiger partial charge on any atom is 0.317 e. The highest BCUT2D eigenvalue weighted by Gasteiger charge is 2.23. The van der Waals surface area contributed by atoms with Crippen LogP contribution in [0.25, 0.3) is 0 Å². The lowest BCUT2D eigenvalue weighted by Gasteiger charge is -2.35. The predicted octanol–water partition coefficient (Wildman–Crippen LogP) is 3.30. The Labute approximate surface area is 169 Å². The summed E-state index contributed by atoms with van der Waals surface area (Å²) >= 11 is 0. The summed E-state index contributed by atoms with van der Waals surface area (Å²) in [7, 11) is 3.32. The van der Waals surface area contributed by atoms with Gasteiger partial charge in [-0.1, -0.05) is 31.7 Å². The molecular formula is C22H35N3O3. The number of carbonyl (C=O) groups is 1. The summed E-state index contributed by atoms with van der Waals surface area (Å²) in [6, 6.07) is 6.61. The van der Waals surface area contributed by atoms with Crippen molar-refractivity contribution in [3.8, 4) is 11.5 Å². The van der Waals surface area contributed by atoms with Crippen LogP contribution in [0, 0.1) is 0 Å². The average molecular weight is 390 g/mol. The van der Waals surface area contributed by atoms with Gasteiger partial charge in [0.1, 0.15) is 0 Å². The van der Waals surface area contributed by atoms with E-state index in [4.69, 9.17) is 9.47 Å². The van der Waals surface area contributed by atoms with Crippen molar-refractivity contribution in [1.29, 1.82) is 0 Å². The molecule has 0 unspecified atom stereocenters. The maximum absolute atomic E-state index is 12.6. The standard InChI is InChI=1S/C22H35N3O3/c1-27-20-10-9-18(17-21(20)28-2)11-12-24-13-15-25(16-14-24)22(26)23-19-7-5-3-4-6-8-19/h9-10,17,19H,3-8,11-16H2,1-2H3,(H,23,26). The summed E-state index contributed by atoms with van der Waals surface area (Å²) in [5.41, 5.74) is 1.24. The van der Waals surface area contributed by atoms with Crippen molar-refractivity contribution >= 4 is 6.03 Å². The van der Waals surface area contributed by atoms with E-state index in [2.05, 4.69) is 22.3 Å². The number of benzene rings is 1. The van der Waals surface area contributed by atoms with Crippen LogP contribution in [0.3, 0.4) is 0 Å². The monoisotopic (exact) mass is 389 g/mol. The summed E-state index contributed by atoms with van der Waals surface area (Å²) in [5.74, 6) is 1.54. The molecule has 1 aromatic rings. The molecule has 1 aliphatic heterocycles. The zero-order valence-corrected chi connectivity index (χ0v) is 17.4. The molecule has 1 saturated heterocycles. The van der Waals surface area contributed by atoms with Gasteiger partial charge in [0, 0.05) is 38.8 Å². The van der Waals surface area contributed by atoms with E-state index in [0.717, 1.165) is 63.5 Å².